The molecule has 98 valence electrons. The summed E-state index contributed by atoms with van der Waals surface area (Å²) in [6.07, 6.45) is 4.12. The highest BCUT2D eigenvalue weighted by atomic mass is 35.5. The molecule has 0 aliphatic carbocycles. The molecular formula is C15H20ClNO. The largest absolute Gasteiger partial charge is 0.303 e. The number of aldehydes is 1. The zero-order chi connectivity index (χ0) is 13.0. The molecule has 1 unspecified atom stereocenters. The van der Waals surface area contributed by atoms with Crippen LogP contribution in [0, 0.1) is 0 Å². The number of hydrogen-bond donors (Lipinski definition) is 0. The molecule has 1 aromatic carbocycles. The quantitative estimate of drug-likeness (QED) is 0.758. The SMILES string of the molecule is CC(CC=O)c1ccc(CN2CCCC2)c(Cl)c1. The fourth-order valence-electron chi connectivity index (χ4n) is 2.46. The summed E-state index contributed by atoms with van der Waals surface area (Å²) in [5, 5.41) is 0.831. The molecule has 1 atom stereocenters. The first kappa shape index (κ1) is 13.6. The molecule has 0 aromatic heterocycles. The normalized spacial score (nSPS) is 17.9. The summed E-state index contributed by atoms with van der Waals surface area (Å²) in [4.78, 5) is 13.0. The summed E-state index contributed by atoms with van der Waals surface area (Å²) in [6, 6.07) is 6.23. The molecule has 18 heavy (non-hydrogen) atoms. The van der Waals surface area contributed by atoms with Crippen LogP contribution in [0.25, 0.3) is 0 Å². The maximum atomic E-state index is 10.5. The van der Waals surface area contributed by atoms with Gasteiger partial charge < -0.3 is 4.79 Å². The molecule has 0 radical (unpaired) electrons. The van der Waals surface area contributed by atoms with Crippen molar-refractivity contribution in [2.24, 2.45) is 0 Å². The van der Waals surface area contributed by atoms with Crippen molar-refractivity contribution in [3.63, 3.8) is 0 Å². The van der Waals surface area contributed by atoms with E-state index in [1.165, 1.54) is 31.5 Å². The van der Waals surface area contributed by atoms with E-state index in [-0.39, 0.29) is 5.92 Å². The molecule has 1 aliphatic heterocycles. The van der Waals surface area contributed by atoms with Gasteiger partial charge in [-0.2, -0.15) is 0 Å². The zero-order valence-corrected chi connectivity index (χ0v) is 11.6. The lowest BCUT2D eigenvalue weighted by Gasteiger charge is -2.17. The Morgan fingerprint density at radius 2 is 2.11 bits per heavy atom. The first-order valence-electron chi connectivity index (χ1n) is 6.65. The molecule has 0 N–H and O–H groups in total. The smallest absolute Gasteiger partial charge is 0.120 e. The van der Waals surface area contributed by atoms with Crippen molar-refractivity contribution in [2.45, 2.75) is 38.6 Å². The maximum absolute atomic E-state index is 10.5. The lowest BCUT2D eigenvalue weighted by Crippen LogP contribution is -2.18. The van der Waals surface area contributed by atoms with Gasteiger partial charge in [-0.15, -0.1) is 0 Å². The Morgan fingerprint density at radius 1 is 1.39 bits per heavy atom. The summed E-state index contributed by atoms with van der Waals surface area (Å²) in [7, 11) is 0. The van der Waals surface area contributed by atoms with Gasteiger partial charge in [0.05, 0.1) is 0 Å². The van der Waals surface area contributed by atoms with E-state index < -0.39 is 0 Å². The van der Waals surface area contributed by atoms with Gasteiger partial charge in [-0.3, -0.25) is 4.90 Å². The average molecular weight is 266 g/mol. The van der Waals surface area contributed by atoms with Crippen molar-refractivity contribution in [3.8, 4) is 0 Å². The molecule has 0 bridgehead atoms. The Hall–Kier alpha value is -0.860. The van der Waals surface area contributed by atoms with Crippen molar-refractivity contribution < 1.29 is 4.79 Å². The van der Waals surface area contributed by atoms with Crippen LogP contribution in [-0.4, -0.2) is 24.3 Å². The highest BCUT2D eigenvalue weighted by molar-refractivity contribution is 6.31. The molecule has 1 saturated heterocycles. The van der Waals surface area contributed by atoms with Gasteiger partial charge in [0.15, 0.2) is 0 Å². The van der Waals surface area contributed by atoms with Gasteiger partial charge >= 0.3 is 0 Å². The van der Waals surface area contributed by atoms with Gasteiger partial charge in [-0.1, -0.05) is 30.7 Å². The number of benzene rings is 1. The molecule has 0 amide bonds. The number of likely N-dealkylation sites (tertiary alicyclic amines) is 1. The number of nitrogens with zero attached hydrogens (tertiary/aromatic N) is 1. The fourth-order valence-corrected chi connectivity index (χ4v) is 2.71. The summed E-state index contributed by atoms with van der Waals surface area (Å²) in [6.45, 7) is 5.36. The molecule has 0 spiro atoms. The molecule has 2 rings (SSSR count). The van der Waals surface area contributed by atoms with E-state index in [0.717, 1.165) is 23.4 Å². The Kier molecular flexibility index (Phi) is 4.79. The van der Waals surface area contributed by atoms with Crippen molar-refractivity contribution >= 4 is 17.9 Å². The fraction of sp³-hybridized carbons (Fsp3) is 0.533. The Labute approximate surface area is 114 Å². The van der Waals surface area contributed by atoms with E-state index in [0.29, 0.717) is 6.42 Å². The average Bonchev–Trinajstić information content (AvgIpc) is 2.85. The van der Waals surface area contributed by atoms with Crippen LogP contribution in [0.3, 0.4) is 0 Å². The van der Waals surface area contributed by atoms with Gasteiger partial charge in [0, 0.05) is 18.0 Å². The van der Waals surface area contributed by atoms with Crippen molar-refractivity contribution in [1.29, 1.82) is 0 Å². The molecule has 0 saturated carbocycles. The minimum absolute atomic E-state index is 0.251. The zero-order valence-electron chi connectivity index (χ0n) is 10.9. The second-order valence-corrected chi connectivity index (χ2v) is 5.54. The summed E-state index contributed by atoms with van der Waals surface area (Å²) < 4.78 is 0. The van der Waals surface area contributed by atoms with Gasteiger partial charge in [0.2, 0.25) is 0 Å². The van der Waals surface area contributed by atoms with Gasteiger partial charge in [-0.05, 0) is 49.0 Å². The second kappa shape index (κ2) is 6.35. The minimum Gasteiger partial charge on any atom is -0.303 e. The third-order valence-corrected chi connectivity index (χ3v) is 4.04. The third kappa shape index (κ3) is 3.33. The van der Waals surface area contributed by atoms with Crippen LogP contribution < -0.4 is 0 Å². The Balaban J connectivity index is 2.06. The Bertz CT molecular complexity index is 413. The van der Waals surface area contributed by atoms with Crippen LogP contribution in [0.5, 0.6) is 0 Å². The molecular weight excluding hydrogens is 246 g/mol. The van der Waals surface area contributed by atoms with Crippen LogP contribution in [0.2, 0.25) is 5.02 Å². The third-order valence-electron chi connectivity index (χ3n) is 3.69. The minimum atomic E-state index is 0.251. The molecule has 2 nitrogen and oxygen atoms in total. The lowest BCUT2D eigenvalue weighted by atomic mass is 9.97. The lowest BCUT2D eigenvalue weighted by molar-refractivity contribution is -0.108. The molecule has 1 fully saturated rings. The van der Waals surface area contributed by atoms with Crippen LogP contribution in [0.1, 0.15) is 43.2 Å². The van der Waals surface area contributed by atoms with E-state index in [2.05, 4.69) is 24.0 Å². The van der Waals surface area contributed by atoms with E-state index in [1.54, 1.807) is 0 Å². The van der Waals surface area contributed by atoms with Crippen molar-refractivity contribution in [2.75, 3.05) is 13.1 Å². The van der Waals surface area contributed by atoms with E-state index in [4.69, 9.17) is 11.6 Å². The highest BCUT2D eigenvalue weighted by Crippen LogP contribution is 2.26. The molecule has 1 aliphatic rings. The van der Waals surface area contributed by atoms with E-state index in [1.807, 2.05) is 6.07 Å². The standard InChI is InChI=1S/C15H20ClNO/c1-12(6-9-18)13-4-5-14(15(16)10-13)11-17-7-2-3-8-17/h4-5,9-10,12H,2-3,6-8,11H2,1H3. The molecule has 3 heteroatoms. The van der Waals surface area contributed by atoms with E-state index >= 15 is 0 Å². The van der Waals surface area contributed by atoms with Crippen LogP contribution in [-0.2, 0) is 11.3 Å². The van der Waals surface area contributed by atoms with Crippen LogP contribution >= 0.6 is 11.6 Å². The summed E-state index contributed by atoms with van der Waals surface area (Å²) in [5.74, 6) is 0.251. The van der Waals surface area contributed by atoms with Gasteiger partial charge in [-0.25, -0.2) is 0 Å². The van der Waals surface area contributed by atoms with Crippen molar-refractivity contribution in [1.82, 2.24) is 4.90 Å². The number of rotatable bonds is 5. The predicted molar refractivity (Wildman–Crippen MR) is 75.1 cm³/mol. The Morgan fingerprint density at radius 3 is 2.72 bits per heavy atom. The second-order valence-electron chi connectivity index (χ2n) is 5.14. The molecule has 1 aromatic rings. The highest BCUT2D eigenvalue weighted by Gasteiger charge is 2.14. The summed E-state index contributed by atoms with van der Waals surface area (Å²) >= 11 is 6.34. The number of carbonyl (C=O) groups excluding carboxylic acids is 1. The summed E-state index contributed by atoms with van der Waals surface area (Å²) in [5.41, 5.74) is 2.35. The van der Waals surface area contributed by atoms with Crippen molar-refractivity contribution in [3.05, 3.63) is 34.3 Å². The number of hydrogen-bond acceptors (Lipinski definition) is 2. The number of halogens is 1. The number of carbonyl (C=O) groups is 1. The topological polar surface area (TPSA) is 20.3 Å². The van der Waals surface area contributed by atoms with Crippen LogP contribution in [0.15, 0.2) is 18.2 Å². The molecule has 1 heterocycles. The monoisotopic (exact) mass is 265 g/mol. The van der Waals surface area contributed by atoms with E-state index in [9.17, 15) is 4.79 Å². The van der Waals surface area contributed by atoms with Crippen LogP contribution in [0.4, 0.5) is 0 Å². The first-order chi connectivity index (χ1) is 8.70. The maximum Gasteiger partial charge on any atom is 0.120 e. The first-order valence-corrected chi connectivity index (χ1v) is 7.03. The van der Waals surface area contributed by atoms with Gasteiger partial charge in [0.25, 0.3) is 0 Å². The predicted octanol–water partition coefficient (Wildman–Crippen LogP) is 3.63. The van der Waals surface area contributed by atoms with Gasteiger partial charge in [0.1, 0.15) is 6.29 Å².